The predicted molar refractivity (Wildman–Crippen MR) is 115 cm³/mol. The number of benzene rings is 5. The summed E-state index contributed by atoms with van der Waals surface area (Å²) in [5.74, 6) is 0.230. The minimum Gasteiger partial charge on any atom is -0.392 e. The molecule has 0 spiro atoms. The number of hydrogen-bond donors (Lipinski definition) is 1. The van der Waals surface area contributed by atoms with Crippen LogP contribution in [0, 0.1) is 0 Å². The van der Waals surface area contributed by atoms with E-state index in [-0.39, 0.29) is 12.0 Å². The molecule has 1 N–H and O–H groups in total. The molecule has 0 aliphatic heterocycles. The van der Waals surface area contributed by atoms with Crippen LogP contribution in [0.2, 0.25) is 0 Å². The molecular formula is C26H22O. The first-order chi connectivity index (χ1) is 13.3. The van der Waals surface area contributed by atoms with Crippen LogP contribution in [0.1, 0.15) is 37.2 Å². The predicted octanol–water partition coefficient (Wildman–Crippen LogP) is 6.76. The highest BCUT2D eigenvalue weighted by Crippen LogP contribution is 2.46. The summed E-state index contributed by atoms with van der Waals surface area (Å²) in [6, 6.07) is 24.5. The van der Waals surface area contributed by atoms with Gasteiger partial charge in [-0.3, -0.25) is 0 Å². The maximum absolute atomic E-state index is 10.9. The fourth-order valence-electron chi connectivity index (χ4n) is 5.48. The van der Waals surface area contributed by atoms with Gasteiger partial charge in [-0.15, -0.1) is 0 Å². The monoisotopic (exact) mass is 350 g/mol. The van der Waals surface area contributed by atoms with Gasteiger partial charge in [-0.25, -0.2) is 0 Å². The maximum Gasteiger partial charge on any atom is 0.0609 e. The summed E-state index contributed by atoms with van der Waals surface area (Å²) in [4.78, 5) is 0. The molecule has 132 valence electrons. The Morgan fingerprint density at radius 2 is 1.30 bits per heavy atom. The second-order valence-corrected chi connectivity index (χ2v) is 8.10. The lowest BCUT2D eigenvalue weighted by Crippen LogP contribution is -2.23. The summed E-state index contributed by atoms with van der Waals surface area (Å²) in [6.07, 6.45) is 4.11. The Morgan fingerprint density at radius 3 is 2.07 bits per heavy atom. The molecule has 1 nitrogen and oxygen atoms in total. The van der Waals surface area contributed by atoms with Crippen LogP contribution < -0.4 is 0 Å². The van der Waals surface area contributed by atoms with E-state index in [0.29, 0.717) is 0 Å². The van der Waals surface area contributed by atoms with E-state index in [1.165, 1.54) is 55.1 Å². The first kappa shape index (κ1) is 15.4. The lowest BCUT2D eigenvalue weighted by Gasteiger charge is -2.31. The first-order valence-corrected chi connectivity index (χ1v) is 10.1. The molecule has 1 saturated carbocycles. The SMILES string of the molecule is OC1CCCCC1c1c2ccccc2c2ccc3cccc4ccc1c2c43. The van der Waals surface area contributed by atoms with Crippen molar-refractivity contribution in [3.05, 3.63) is 72.3 Å². The highest BCUT2D eigenvalue weighted by atomic mass is 16.3. The zero-order chi connectivity index (χ0) is 18.0. The topological polar surface area (TPSA) is 20.2 Å². The molecule has 1 fully saturated rings. The Morgan fingerprint density at radius 1 is 0.593 bits per heavy atom. The fraction of sp³-hybridized carbons (Fsp3) is 0.231. The average molecular weight is 350 g/mol. The van der Waals surface area contributed by atoms with Gasteiger partial charge >= 0.3 is 0 Å². The molecule has 1 aliphatic carbocycles. The van der Waals surface area contributed by atoms with Crippen molar-refractivity contribution in [3.8, 4) is 0 Å². The number of rotatable bonds is 1. The van der Waals surface area contributed by atoms with E-state index < -0.39 is 0 Å². The minimum atomic E-state index is -0.236. The van der Waals surface area contributed by atoms with Crippen molar-refractivity contribution in [2.24, 2.45) is 0 Å². The number of hydrogen-bond acceptors (Lipinski definition) is 1. The molecule has 0 amide bonds. The third kappa shape index (κ3) is 2.09. The zero-order valence-corrected chi connectivity index (χ0v) is 15.3. The van der Waals surface area contributed by atoms with Gasteiger partial charge in [0.25, 0.3) is 0 Å². The molecular weight excluding hydrogens is 328 g/mol. The van der Waals surface area contributed by atoms with Gasteiger partial charge in [-0.05, 0) is 61.5 Å². The smallest absolute Gasteiger partial charge is 0.0609 e. The molecule has 27 heavy (non-hydrogen) atoms. The average Bonchev–Trinajstić information content (AvgIpc) is 2.72. The third-order valence-corrected chi connectivity index (χ3v) is 6.67. The van der Waals surface area contributed by atoms with E-state index >= 15 is 0 Å². The molecule has 0 aromatic heterocycles. The van der Waals surface area contributed by atoms with Gasteiger partial charge in [0.05, 0.1) is 6.10 Å². The van der Waals surface area contributed by atoms with Crippen LogP contribution in [-0.2, 0) is 0 Å². The molecule has 1 heteroatoms. The van der Waals surface area contributed by atoms with Gasteiger partial charge in [0.1, 0.15) is 0 Å². The number of aliphatic hydroxyl groups excluding tert-OH is 1. The van der Waals surface area contributed by atoms with Gasteiger partial charge in [0.15, 0.2) is 0 Å². The molecule has 0 bridgehead atoms. The lowest BCUT2D eigenvalue weighted by molar-refractivity contribution is 0.107. The van der Waals surface area contributed by atoms with Crippen molar-refractivity contribution in [2.75, 3.05) is 0 Å². The second kappa shape index (κ2) is 5.68. The van der Waals surface area contributed by atoms with Gasteiger partial charge in [-0.2, -0.15) is 0 Å². The summed E-state index contributed by atoms with van der Waals surface area (Å²) in [5, 5.41) is 21.5. The molecule has 2 unspecified atom stereocenters. The van der Waals surface area contributed by atoms with Gasteiger partial charge in [0, 0.05) is 5.92 Å². The van der Waals surface area contributed by atoms with Crippen molar-refractivity contribution in [2.45, 2.75) is 37.7 Å². The van der Waals surface area contributed by atoms with Gasteiger partial charge in [-0.1, -0.05) is 79.6 Å². The number of aliphatic hydroxyl groups is 1. The maximum atomic E-state index is 10.9. The lowest BCUT2D eigenvalue weighted by atomic mass is 9.76. The Kier molecular flexibility index (Phi) is 3.24. The van der Waals surface area contributed by atoms with Crippen LogP contribution in [-0.4, -0.2) is 11.2 Å². The van der Waals surface area contributed by atoms with E-state index in [1.807, 2.05) is 0 Å². The van der Waals surface area contributed by atoms with Crippen molar-refractivity contribution >= 4 is 43.1 Å². The molecule has 5 aromatic rings. The summed E-state index contributed by atoms with van der Waals surface area (Å²) in [7, 11) is 0. The fourth-order valence-corrected chi connectivity index (χ4v) is 5.48. The van der Waals surface area contributed by atoms with Crippen molar-refractivity contribution in [1.29, 1.82) is 0 Å². The van der Waals surface area contributed by atoms with E-state index in [9.17, 15) is 5.11 Å². The van der Waals surface area contributed by atoms with Gasteiger partial charge in [0.2, 0.25) is 0 Å². The number of fused-ring (bicyclic) bond motifs is 2. The third-order valence-electron chi connectivity index (χ3n) is 6.67. The zero-order valence-electron chi connectivity index (χ0n) is 15.3. The molecule has 0 heterocycles. The van der Waals surface area contributed by atoms with Crippen LogP contribution in [0.25, 0.3) is 43.1 Å². The van der Waals surface area contributed by atoms with E-state index in [0.717, 1.165) is 19.3 Å². The summed E-state index contributed by atoms with van der Waals surface area (Å²) < 4.78 is 0. The standard InChI is InChI=1S/C26H22O/c27-23-11-4-3-10-21(23)25-19-9-2-1-8-18(19)20-14-12-16-6-5-7-17-13-15-22(25)26(20)24(16)17/h1-2,5-9,12-15,21,23,27H,3-4,10-11H2. The summed E-state index contributed by atoms with van der Waals surface area (Å²) in [5.41, 5.74) is 1.36. The van der Waals surface area contributed by atoms with Crippen LogP contribution in [0.4, 0.5) is 0 Å². The van der Waals surface area contributed by atoms with Crippen molar-refractivity contribution < 1.29 is 5.11 Å². The molecule has 1 aliphatic rings. The summed E-state index contributed by atoms with van der Waals surface area (Å²) in [6.45, 7) is 0. The van der Waals surface area contributed by atoms with Crippen LogP contribution >= 0.6 is 0 Å². The van der Waals surface area contributed by atoms with Crippen LogP contribution in [0.3, 0.4) is 0 Å². The minimum absolute atomic E-state index is 0.230. The molecule has 0 saturated heterocycles. The summed E-state index contributed by atoms with van der Waals surface area (Å²) >= 11 is 0. The molecule has 6 rings (SSSR count). The highest BCUT2D eigenvalue weighted by molar-refractivity contribution is 6.30. The van der Waals surface area contributed by atoms with E-state index in [2.05, 4.69) is 66.7 Å². The second-order valence-electron chi connectivity index (χ2n) is 8.10. The largest absolute Gasteiger partial charge is 0.392 e. The Balaban J connectivity index is 1.87. The normalized spacial score (nSPS) is 20.9. The first-order valence-electron chi connectivity index (χ1n) is 10.1. The molecule has 5 aromatic carbocycles. The van der Waals surface area contributed by atoms with Crippen LogP contribution in [0.5, 0.6) is 0 Å². The quantitative estimate of drug-likeness (QED) is 0.262. The van der Waals surface area contributed by atoms with E-state index in [1.54, 1.807) is 0 Å². The highest BCUT2D eigenvalue weighted by Gasteiger charge is 2.28. The van der Waals surface area contributed by atoms with Crippen molar-refractivity contribution in [3.63, 3.8) is 0 Å². The Hall–Kier alpha value is -2.64. The van der Waals surface area contributed by atoms with Gasteiger partial charge < -0.3 is 5.11 Å². The van der Waals surface area contributed by atoms with Crippen molar-refractivity contribution in [1.82, 2.24) is 0 Å². The molecule has 0 radical (unpaired) electrons. The van der Waals surface area contributed by atoms with Crippen LogP contribution in [0.15, 0.2) is 66.7 Å². The Bertz CT molecular complexity index is 1280. The van der Waals surface area contributed by atoms with E-state index in [4.69, 9.17) is 0 Å². The molecule has 2 atom stereocenters. The Labute approximate surface area is 158 Å².